The average Bonchev–Trinajstić information content (AvgIpc) is 2.64. The van der Waals surface area contributed by atoms with Gasteiger partial charge in [0.1, 0.15) is 5.69 Å². The molecule has 2 aromatic rings. The van der Waals surface area contributed by atoms with E-state index in [1.165, 1.54) is 4.90 Å². The summed E-state index contributed by atoms with van der Waals surface area (Å²) in [5, 5.41) is 10.5. The predicted octanol–water partition coefficient (Wildman–Crippen LogP) is 0.904. The number of nitrogen functional groups attached to an aromatic ring is 1. The van der Waals surface area contributed by atoms with E-state index in [0.29, 0.717) is 24.1 Å². The summed E-state index contributed by atoms with van der Waals surface area (Å²) >= 11 is 0. The molecule has 2 heterocycles. The number of likely N-dealkylation sites (tertiary alicyclic amines) is 1. The first-order valence-electron chi connectivity index (χ1n) is 8.58. The Morgan fingerprint density at radius 2 is 2.14 bits per heavy atom. The van der Waals surface area contributed by atoms with E-state index in [-0.39, 0.29) is 23.5 Å². The van der Waals surface area contributed by atoms with Crippen LogP contribution in [0.3, 0.4) is 0 Å². The number of pyridine rings is 1. The number of hydrogen-bond donors (Lipinski definition) is 3. The highest BCUT2D eigenvalue weighted by molar-refractivity contribution is 5.96. The number of nitrogens with two attached hydrogens (primary N) is 2. The van der Waals surface area contributed by atoms with Crippen molar-refractivity contribution in [3.8, 4) is 23.1 Å². The van der Waals surface area contributed by atoms with Crippen molar-refractivity contribution in [2.24, 2.45) is 5.73 Å². The lowest BCUT2D eigenvalue weighted by atomic mass is 9.92. The second-order valence-electron chi connectivity index (χ2n) is 6.64. The topological polar surface area (TPSA) is 123 Å². The minimum absolute atomic E-state index is 0.0983. The molecule has 144 valence electrons. The van der Waals surface area contributed by atoms with E-state index >= 15 is 0 Å². The minimum atomic E-state index is -1.74. The molecule has 1 saturated heterocycles. The Kier molecular flexibility index (Phi) is 5.03. The van der Waals surface area contributed by atoms with Crippen molar-refractivity contribution in [2.75, 3.05) is 19.3 Å². The number of likely N-dealkylation sites (N-methyl/N-ethyl adjacent to an activating group) is 1. The number of aromatic nitrogens is 1. The number of primary amides is 1. The van der Waals surface area contributed by atoms with Crippen molar-refractivity contribution in [2.45, 2.75) is 18.4 Å². The summed E-state index contributed by atoms with van der Waals surface area (Å²) in [6.45, 7) is 0.572. The number of rotatable bonds is 2. The molecule has 7 nitrogen and oxygen atoms in total. The van der Waals surface area contributed by atoms with E-state index in [2.05, 4.69) is 16.8 Å². The molecule has 0 spiro atoms. The van der Waals surface area contributed by atoms with Crippen LogP contribution in [0.2, 0.25) is 0 Å². The van der Waals surface area contributed by atoms with Gasteiger partial charge in [-0.15, -0.1) is 0 Å². The molecule has 1 aliphatic rings. The molecular formula is C20H19FN4O3. The van der Waals surface area contributed by atoms with Crippen LogP contribution in [-0.4, -0.2) is 46.0 Å². The normalized spacial score (nSPS) is 19.1. The zero-order chi connectivity index (χ0) is 20.5. The number of hydrogen-bond acceptors (Lipinski definition) is 5. The summed E-state index contributed by atoms with van der Waals surface area (Å²) in [7, 11) is 1.61. The number of piperidine rings is 1. The quantitative estimate of drug-likeness (QED) is 0.666. The van der Waals surface area contributed by atoms with Crippen LogP contribution in [0.4, 0.5) is 10.1 Å². The third kappa shape index (κ3) is 3.66. The fraction of sp³-hybridized carbons (Fsp3) is 0.250. The van der Waals surface area contributed by atoms with Gasteiger partial charge in [-0.25, -0.2) is 9.37 Å². The second kappa shape index (κ2) is 7.29. The highest BCUT2D eigenvalue weighted by atomic mass is 19.1. The summed E-state index contributed by atoms with van der Waals surface area (Å²) in [6, 6.07) is 7.40. The van der Waals surface area contributed by atoms with Crippen molar-refractivity contribution < 1.29 is 19.1 Å². The monoisotopic (exact) mass is 382 g/mol. The van der Waals surface area contributed by atoms with Gasteiger partial charge in [-0.1, -0.05) is 24.0 Å². The van der Waals surface area contributed by atoms with Gasteiger partial charge in [0.15, 0.2) is 11.5 Å². The number of nitrogens with zero attached hydrogens (tertiary/aromatic N) is 2. The fourth-order valence-corrected chi connectivity index (χ4v) is 3.03. The third-order valence-corrected chi connectivity index (χ3v) is 4.52. The van der Waals surface area contributed by atoms with Gasteiger partial charge >= 0.3 is 0 Å². The highest BCUT2D eigenvalue weighted by Gasteiger charge is 2.39. The van der Waals surface area contributed by atoms with Crippen molar-refractivity contribution in [1.82, 2.24) is 9.88 Å². The Morgan fingerprint density at radius 1 is 1.39 bits per heavy atom. The molecule has 1 aromatic carbocycles. The van der Waals surface area contributed by atoms with Gasteiger partial charge < -0.3 is 21.5 Å². The van der Waals surface area contributed by atoms with Crippen molar-refractivity contribution in [3.63, 3.8) is 0 Å². The number of carbonyl (C=O) groups is 2. The van der Waals surface area contributed by atoms with Crippen molar-refractivity contribution in [1.29, 1.82) is 0 Å². The van der Waals surface area contributed by atoms with Crippen LogP contribution in [0.5, 0.6) is 0 Å². The zero-order valence-electron chi connectivity index (χ0n) is 15.2. The van der Waals surface area contributed by atoms with Crippen LogP contribution in [0.15, 0.2) is 30.3 Å². The first kappa shape index (κ1) is 19.3. The molecule has 5 N–H and O–H groups in total. The van der Waals surface area contributed by atoms with Crippen LogP contribution in [0, 0.1) is 17.7 Å². The molecule has 0 radical (unpaired) electrons. The summed E-state index contributed by atoms with van der Waals surface area (Å²) in [5.41, 5.74) is 9.39. The van der Waals surface area contributed by atoms with E-state index < -0.39 is 23.2 Å². The summed E-state index contributed by atoms with van der Waals surface area (Å²) in [6.07, 6.45) is 0.892. The Morgan fingerprint density at radius 3 is 2.86 bits per heavy atom. The molecular weight excluding hydrogens is 363 g/mol. The molecule has 28 heavy (non-hydrogen) atoms. The van der Waals surface area contributed by atoms with Gasteiger partial charge in [0.25, 0.3) is 11.8 Å². The van der Waals surface area contributed by atoms with Gasteiger partial charge in [0.2, 0.25) is 5.60 Å². The number of anilines is 1. The highest BCUT2D eigenvalue weighted by Crippen LogP contribution is 2.25. The van der Waals surface area contributed by atoms with Gasteiger partial charge in [-0.3, -0.25) is 9.59 Å². The SMILES string of the molecule is CN1CCCC(O)(C#Cc2cccc(-c3nc(C(N)=O)c(N)cc3F)c2)C1=O. The molecule has 1 unspecified atom stereocenters. The molecule has 1 aliphatic heterocycles. The molecule has 2 amide bonds. The second-order valence-corrected chi connectivity index (χ2v) is 6.64. The maximum Gasteiger partial charge on any atom is 0.269 e. The van der Waals surface area contributed by atoms with Crippen LogP contribution < -0.4 is 11.5 Å². The van der Waals surface area contributed by atoms with Crippen LogP contribution in [0.25, 0.3) is 11.3 Å². The third-order valence-electron chi connectivity index (χ3n) is 4.52. The van der Waals surface area contributed by atoms with Gasteiger partial charge in [-0.2, -0.15) is 0 Å². The lowest BCUT2D eigenvalue weighted by Crippen LogP contribution is -2.51. The summed E-state index contributed by atoms with van der Waals surface area (Å²) < 4.78 is 14.3. The molecule has 0 saturated carbocycles. The number of benzene rings is 1. The molecule has 0 bridgehead atoms. The number of aliphatic hydroxyl groups is 1. The standard InChI is InChI=1S/C20H19FN4O3/c1-25-9-3-7-20(28,19(25)27)8-6-12-4-2-5-13(10-12)16-14(21)11-15(22)17(24-16)18(23)26/h2,4-5,10-11,28H,3,7,9,22H2,1H3,(H2,23,26). The summed E-state index contributed by atoms with van der Waals surface area (Å²) in [5.74, 6) is 3.38. The van der Waals surface area contributed by atoms with Crippen LogP contribution >= 0.6 is 0 Å². The fourth-order valence-electron chi connectivity index (χ4n) is 3.03. The predicted molar refractivity (Wildman–Crippen MR) is 101 cm³/mol. The average molecular weight is 382 g/mol. The Balaban J connectivity index is 1.98. The molecule has 1 aromatic heterocycles. The van der Waals surface area contributed by atoms with E-state index in [9.17, 15) is 19.1 Å². The van der Waals surface area contributed by atoms with Gasteiger partial charge in [-0.05, 0) is 25.0 Å². The maximum atomic E-state index is 14.3. The lowest BCUT2D eigenvalue weighted by molar-refractivity contribution is -0.148. The number of carbonyl (C=O) groups excluding carboxylic acids is 2. The molecule has 0 aliphatic carbocycles. The first-order valence-corrected chi connectivity index (χ1v) is 8.58. The maximum absolute atomic E-state index is 14.3. The Labute approximate surface area is 161 Å². The molecule has 3 rings (SSSR count). The minimum Gasteiger partial charge on any atom is -0.397 e. The van der Waals surface area contributed by atoms with E-state index in [0.717, 1.165) is 6.07 Å². The van der Waals surface area contributed by atoms with E-state index in [1.54, 1.807) is 31.3 Å². The molecule has 1 atom stereocenters. The molecule has 8 heteroatoms. The van der Waals surface area contributed by atoms with E-state index in [4.69, 9.17) is 11.5 Å². The number of halogens is 1. The van der Waals surface area contributed by atoms with Gasteiger partial charge in [0.05, 0.1) is 5.69 Å². The van der Waals surface area contributed by atoms with Crippen LogP contribution in [0.1, 0.15) is 28.9 Å². The number of amides is 2. The van der Waals surface area contributed by atoms with E-state index in [1.807, 2.05) is 0 Å². The zero-order valence-corrected chi connectivity index (χ0v) is 15.2. The largest absolute Gasteiger partial charge is 0.397 e. The Bertz CT molecular complexity index is 1030. The molecule has 1 fully saturated rings. The smallest absolute Gasteiger partial charge is 0.269 e. The lowest BCUT2D eigenvalue weighted by Gasteiger charge is -2.32. The Hall–Kier alpha value is -3.44. The van der Waals surface area contributed by atoms with Crippen molar-refractivity contribution in [3.05, 3.63) is 47.4 Å². The first-order chi connectivity index (χ1) is 13.2. The van der Waals surface area contributed by atoms with Crippen LogP contribution in [-0.2, 0) is 4.79 Å². The van der Waals surface area contributed by atoms with Crippen molar-refractivity contribution >= 4 is 17.5 Å². The van der Waals surface area contributed by atoms with Gasteiger partial charge in [0, 0.05) is 30.8 Å². The summed E-state index contributed by atoms with van der Waals surface area (Å²) in [4.78, 5) is 29.0.